The van der Waals surface area contributed by atoms with Gasteiger partial charge >= 0.3 is 0 Å². The number of ether oxygens (including phenoxy) is 1. The molecule has 28 heavy (non-hydrogen) atoms. The number of piperazine rings is 1. The van der Waals surface area contributed by atoms with Crippen molar-refractivity contribution in [1.29, 1.82) is 0 Å². The summed E-state index contributed by atoms with van der Waals surface area (Å²) in [7, 11) is 0. The fourth-order valence-corrected chi connectivity index (χ4v) is 3.37. The fourth-order valence-electron chi connectivity index (χ4n) is 3.37. The smallest absolute Gasteiger partial charge is 0.250 e. The zero-order valence-electron chi connectivity index (χ0n) is 16.2. The molecule has 3 rings (SSSR count). The van der Waals surface area contributed by atoms with Crippen LogP contribution in [0.3, 0.4) is 0 Å². The number of benzene rings is 1. The maximum absolute atomic E-state index is 12.0. The van der Waals surface area contributed by atoms with Crippen LogP contribution in [0.15, 0.2) is 30.3 Å². The van der Waals surface area contributed by atoms with Crippen LogP contribution in [0.5, 0.6) is 0 Å². The Balaban J connectivity index is 0.00000243. The Morgan fingerprint density at radius 1 is 1.07 bits per heavy atom. The molecule has 0 spiro atoms. The van der Waals surface area contributed by atoms with Gasteiger partial charge in [-0.1, -0.05) is 30.3 Å². The third kappa shape index (κ3) is 9.27. The molecule has 2 aliphatic rings. The van der Waals surface area contributed by atoms with E-state index in [1.165, 1.54) is 5.56 Å². The number of halogens is 3. The standard InChI is InChI=1S/C19H30N4O2.3ClH/c24-19(18-15-20-8-14-25-18)21-7-4-9-22-10-12-23(13-11-22)16-17-5-2-1-3-6-17;;;/h1-3,5-6,18,20H,4,7-16H2,(H,21,24);3*1H. The molecule has 1 aromatic carbocycles. The van der Waals surface area contributed by atoms with Crippen molar-refractivity contribution in [3.63, 3.8) is 0 Å². The molecule has 2 N–H and O–H groups in total. The molecular weight excluding hydrogens is 423 g/mol. The zero-order chi connectivity index (χ0) is 17.3. The van der Waals surface area contributed by atoms with E-state index >= 15 is 0 Å². The third-order valence-electron chi connectivity index (χ3n) is 4.88. The van der Waals surface area contributed by atoms with Crippen molar-refractivity contribution in [1.82, 2.24) is 20.4 Å². The van der Waals surface area contributed by atoms with Crippen LogP contribution in [0, 0.1) is 0 Å². The van der Waals surface area contributed by atoms with E-state index < -0.39 is 0 Å². The van der Waals surface area contributed by atoms with E-state index in [0.29, 0.717) is 13.2 Å². The van der Waals surface area contributed by atoms with E-state index in [1.807, 2.05) is 0 Å². The maximum Gasteiger partial charge on any atom is 0.250 e. The van der Waals surface area contributed by atoms with Gasteiger partial charge in [-0.05, 0) is 18.5 Å². The first-order chi connectivity index (χ1) is 12.3. The van der Waals surface area contributed by atoms with Gasteiger partial charge in [0.25, 0.3) is 0 Å². The number of nitrogens with one attached hydrogen (secondary N) is 2. The molecule has 0 saturated carbocycles. The number of morpholine rings is 1. The lowest BCUT2D eigenvalue weighted by molar-refractivity contribution is -0.134. The Morgan fingerprint density at radius 2 is 1.75 bits per heavy atom. The lowest BCUT2D eigenvalue weighted by Gasteiger charge is -2.34. The minimum atomic E-state index is -0.324. The number of amides is 1. The molecule has 0 bridgehead atoms. The molecule has 2 fully saturated rings. The van der Waals surface area contributed by atoms with Crippen LogP contribution < -0.4 is 10.6 Å². The Kier molecular flexibility index (Phi) is 14.9. The number of rotatable bonds is 7. The first-order valence-electron chi connectivity index (χ1n) is 9.40. The van der Waals surface area contributed by atoms with Crippen molar-refractivity contribution in [3.05, 3.63) is 35.9 Å². The summed E-state index contributed by atoms with van der Waals surface area (Å²) in [6.45, 7) is 9.32. The minimum Gasteiger partial charge on any atom is -0.366 e. The lowest BCUT2D eigenvalue weighted by atomic mass is 10.2. The van der Waals surface area contributed by atoms with Crippen LogP contribution in [0.25, 0.3) is 0 Å². The van der Waals surface area contributed by atoms with Crippen molar-refractivity contribution in [2.45, 2.75) is 19.1 Å². The van der Waals surface area contributed by atoms with E-state index in [0.717, 1.165) is 58.8 Å². The molecule has 1 amide bonds. The van der Waals surface area contributed by atoms with Crippen molar-refractivity contribution in [2.75, 3.05) is 59.0 Å². The van der Waals surface area contributed by atoms with Gasteiger partial charge in [0.1, 0.15) is 6.10 Å². The summed E-state index contributed by atoms with van der Waals surface area (Å²) in [6, 6.07) is 10.7. The number of hydrogen-bond donors (Lipinski definition) is 2. The quantitative estimate of drug-likeness (QED) is 0.611. The summed E-state index contributed by atoms with van der Waals surface area (Å²) in [6.07, 6.45) is 0.667. The highest BCUT2D eigenvalue weighted by molar-refractivity contribution is 5.86. The summed E-state index contributed by atoms with van der Waals surface area (Å²) in [4.78, 5) is 17.0. The average Bonchev–Trinajstić information content (AvgIpc) is 2.68. The molecule has 2 heterocycles. The number of carbonyl (C=O) groups excluding carboxylic acids is 1. The molecule has 1 unspecified atom stereocenters. The van der Waals surface area contributed by atoms with Gasteiger partial charge in [-0.2, -0.15) is 0 Å². The summed E-state index contributed by atoms with van der Waals surface area (Å²) < 4.78 is 5.46. The van der Waals surface area contributed by atoms with Gasteiger partial charge < -0.3 is 20.3 Å². The van der Waals surface area contributed by atoms with Gasteiger partial charge in [-0.25, -0.2) is 0 Å². The monoisotopic (exact) mass is 454 g/mol. The first-order valence-corrected chi connectivity index (χ1v) is 9.40. The second-order valence-corrected chi connectivity index (χ2v) is 6.81. The molecule has 1 aromatic rings. The Bertz CT molecular complexity index is 525. The van der Waals surface area contributed by atoms with Crippen molar-refractivity contribution in [2.24, 2.45) is 0 Å². The van der Waals surface area contributed by atoms with Crippen LogP contribution in [0.2, 0.25) is 0 Å². The van der Waals surface area contributed by atoms with Crippen LogP contribution >= 0.6 is 37.2 Å². The van der Waals surface area contributed by atoms with Crippen LogP contribution in [0.4, 0.5) is 0 Å². The van der Waals surface area contributed by atoms with E-state index in [4.69, 9.17) is 4.74 Å². The number of carbonyl (C=O) groups is 1. The molecule has 1 atom stereocenters. The molecule has 0 radical (unpaired) electrons. The Labute approximate surface area is 187 Å². The molecule has 2 aliphatic heterocycles. The van der Waals surface area contributed by atoms with E-state index in [2.05, 4.69) is 50.8 Å². The normalized spacial score (nSPS) is 20.2. The third-order valence-corrected chi connectivity index (χ3v) is 4.88. The van der Waals surface area contributed by atoms with Crippen LogP contribution in [-0.4, -0.2) is 80.8 Å². The largest absolute Gasteiger partial charge is 0.366 e. The number of nitrogens with zero attached hydrogens (tertiary/aromatic N) is 2. The van der Waals surface area contributed by atoms with E-state index in [9.17, 15) is 4.79 Å². The van der Waals surface area contributed by atoms with Gasteiger partial charge in [-0.15, -0.1) is 37.2 Å². The van der Waals surface area contributed by atoms with Crippen molar-refractivity contribution < 1.29 is 9.53 Å². The van der Waals surface area contributed by atoms with Gasteiger partial charge in [0.05, 0.1) is 6.61 Å². The Morgan fingerprint density at radius 3 is 2.39 bits per heavy atom. The second-order valence-electron chi connectivity index (χ2n) is 6.81. The minimum absolute atomic E-state index is 0. The topological polar surface area (TPSA) is 56.8 Å². The highest BCUT2D eigenvalue weighted by Gasteiger charge is 2.21. The summed E-state index contributed by atoms with van der Waals surface area (Å²) in [5.74, 6) is 0.0138. The fraction of sp³-hybridized carbons (Fsp3) is 0.632. The SMILES string of the molecule is Cl.Cl.Cl.O=C(NCCCN1CCN(Cc2ccccc2)CC1)C1CNCCO1. The first kappa shape index (κ1) is 27.4. The van der Waals surface area contributed by atoms with Gasteiger partial charge in [0, 0.05) is 52.4 Å². The average molecular weight is 456 g/mol. The summed E-state index contributed by atoms with van der Waals surface area (Å²) in [5.41, 5.74) is 1.39. The van der Waals surface area contributed by atoms with E-state index in [1.54, 1.807) is 0 Å². The van der Waals surface area contributed by atoms with Gasteiger partial charge in [0.15, 0.2) is 0 Å². The highest BCUT2D eigenvalue weighted by Crippen LogP contribution is 2.08. The number of hydrogen-bond acceptors (Lipinski definition) is 5. The van der Waals surface area contributed by atoms with Crippen molar-refractivity contribution >= 4 is 43.1 Å². The van der Waals surface area contributed by atoms with Crippen molar-refractivity contribution in [3.8, 4) is 0 Å². The summed E-state index contributed by atoms with van der Waals surface area (Å²) in [5, 5.41) is 6.17. The molecule has 162 valence electrons. The molecular formula is C19H33Cl3N4O2. The van der Waals surface area contributed by atoms with Crippen LogP contribution in [0.1, 0.15) is 12.0 Å². The lowest BCUT2D eigenvalue weighted by Crippen LogP contribution is -2.48. The Hall–Kier alpha value is -0.600. The molecule has 2 saturated heterocycles. The van der Waals surface area contributed by atoms with Crippen LogP contribution in [-0.2, 0) is 16.1 Å². The second kappa shape index (κ2) is 15.3. The van der Waals surface area contributed by atoms with Gasteiger partial charge in [-0.3, -0.25) is 9.69 Å². The predicted octanol–water partition coefficient (Wildman–Crippen LogP) is 1.56. The zero-order valence-corrected chi connectivity index (χ0v) is 18.6. The molecule has 9 heteroatoms. The maximum atomic E-state index is 12.0. The van der Waals surface area contributed by atoms with E-state index in [-0.39, 0.29) is 49.2 Å². The predicted molar refractivity (Wildman–Crippen MR) is 120 cm³/mol. The molecule has 0 aromatic heterocycles. The van der Waals surface area contributed by atoms with Gasteiger partial charge in [0.2, 0.25) is 5.91 Å². The molecule has 6 nitrogen and oxygen atoms in total. The highest BCUT2D eigenvalue weighted by atomic mass is 35.5. The molecule has 0 aliphatic carbocycles. The summed E-state index contributed by atoms with van der Waals surface area (Å²) >= 11 is 0.